The van der Waals surface area contributed by atoms with Gasteiger partial charge in [-0.25, -0.2) is 4.79 Å². The van der Waals surface area contributed by atoms with Crippen LogP contribution in [0.3, 0.4) is 0 Å². The summed E-state index contributed by atoms with van der Waals surface area (Å²) < 4.78 is 0. The number of fused-ring (bicyclic) bond motifs is 5. The molecule has 2 N–H and O–H groups in total. The fourth-order valence-corrected chi connectivity index (χ4v) is 4.99. The van der Waals surface area contributed by atoms with Gasteiger partial charge in [-0.15, -0.1) is 0 Å². The van der Waals surface area contributed by atoms with Gasteiger partial charge in [-0.2, -0.15) is 0 Å². The molecule has 2 aliphatic rings. The van der Waals surface area contributed by atoms with E-state index in [1.54, 1.807) is 6.07 Å². The zero-order valence-electron chi connectivity index (χ0n) is 14.5. The minimum absolute atomic E-state index is 0.00843. The summed E-state index contributed by atoms with van der Waals surface area (Å²) >= 11 is 6.26. The van der Waals surface area contributed by atoms with Gasteiger partial charge in [-0.3, -0.25) is 0 Å². The number of halogens is 1. The Kier molecular flexibility index (Phi) is 3.73. The molecular weight excluding hydrogens is 358 g/mol. The van der Waals surface area contributed by atoms with Crippen LogP contribution in [0.25, 0.3) is 0 Å². The first-order valence-electron chi connectivity index (χ1n) is 9.09. The third-order valence-electron chi connectivity index (χ3n) is 5.87. The van der Waals surface area contributed by atoms with Crippen LogP contribution in [0.4, 0.5) is 5.69 Å². The Labute approximate surface area is 162 Å². The number of nitrogens with one attached hydrogen (secondary N) is 1. The third-order valence-corrected chi connectivity index (χ3v) is 6.11. The first kappa shape index (κ1) is 16.4. The van der Waals surface area contributed by atoms with Crippen molar-refractivity contribution in [2.45, 2.75) is 18.4 Å². The van der Waals surface area contributed by atoms with E-state index in [0.29, 0.717) is 16.5 Å². The molecule has 1 heterocycles. The summed E-state index contributed by atoms with van der Waals surface area (Å²) in [6.07, 6.45) is 0.960. The highest BCUT2D eigenvalue weighted by Crippen LogP contribution is 2.54. The molecule has 0 saturated carbocycles. The second kappa shape index (κ2) is 6.14. The van der Waals surface area contributed by atoms with Crippen LogP contribution in [0.15, 0.2) is 66.7 Å². The van der Waals surface area contributed by atoms with Gasteiger partial charge < -0.3 is 10.4 Å². The van der Waals surface area contributed by atoms with Gasteiger partial charge in [0.15, 0.2) is 0 Å². The van der Waals surface area contributed by atoms with E-state index in [2.05, 4.69) is 41.7 Å². The number of carboxylic acid groups (broad SMARTS) is 1. The Morgan fingerprint density at radius 1 is 1.00 bits per heavy atom. The average Bonchev–Trinajstić information content (AvgIpc) is 3.06. The van der Waals surface area contributed by atoms with Crippen molar-refractivity contribution in [1.29, 1.82) is 0 Å². The predicted octanol–water partition coefficient (Wildman–Crippen LogP) is 5.51. The SMILES string of the molecule is O=C(O)c1cccc2c1N[C@H](c1cccc(Cl)c1)[C@@H]1Cc3ccccc3[C@H]21. The van der Waals surface area contributed by atoms with Crippen LogP contribution >= 0.6 is 11.6 Å². The van der Waals surface area contributed by atoms with Crippen molar-refractivity contribution in [1.82, 2.24) is 0 Å². The van der Waals surface area contributed by atoms with E-state index in [1.807, 2.05) is 24.3 Å². The van der Waals surface area contributed by atoms with Crippen molar-refractivity contribution in [2.75, 3.05) is 5.32 Å². The molecule has 3 nitrogen and oxygen atoms in total. The van der Waals surface area contributed by atoms with Crippen LogP contribution in [0.5, 0.6) is 0 Å². The van der Waals surface area contributed by atoms with Crippen LogP contribution in [-0.4, -0.2) is 11.1 Å². The van der Waals surface area contributed by atoms with Crippen LogP contribution in [0, 0.1) is 5.92 Å². The zero-order chi connectivity index (χ0) is 18.5. The van der Waals surface area contributed by atoms with E-state index < -0.39 is 5.97 Å². The molecule has 0 spiro atoms. The molecule has 0 unspecified atom stereocenters. The number of anilines is 1. The second-order valence-electron chi connectivity index (χ2n) is 7.30. The highest BCUT2D eigenvalue weighted by Gasteiger charge is 2.44. The standard InChI is InChI=1S/C23H18ClNO2/c24-15-7-3-6-14(11-15)21-19-12-13-5-1-2-8-16(13)20(19)17-9-4-10-18(23(26)27)22(17)25-21/h1-11,19-21,25H,12H2,(H,26,27)/t19-,20-,21-/m1/s1. The summed E-state index contributed by atoms with van der Waals surface area (Å²) in [5, 5.41) is 14.0. The molecule has 1 aliphatic heterocycles. The molecule has 0 amide bonds. The molecule has 0 radical (unpaired) electrons. The van der Waals surface area contributed by atoms with Crippen molar-refractivity contribution in [3.63, 3.8) is 0 Å². The van der Waals surface area contributed by atoms with Gasteiger partial charge >= 0.3 is 5.97 Å². The molecular formula is C23H18ClNO2. The van der Waals surface area contributed by atoms with Gasteiger partial charge in [0.05, 0.1) is 17.3 Å². The van der Waals surface area contributed by atoms with E-state index in [9.17, 15) is 9.90 Å². The second-order valence-corrected chi connectivity index (χ2v) is 7.73. The number of benzene rings is 3. The largest absolute Gasteiger partial charge is 0.478 e. The lowest BCUT2D eigenvalue weighted by atomic mass is 9.75. The summed E-state index contributed by atoms with van der Waals surface area (Å²) in [6.45, 7) is 0. The Hall–Kier alpha value is -2.78. The molecule has 0 fully saturated rings. The molecule has 0 bridgehead atoms. The van der Waals surface area contributed by atoms with Crippen molar-refractivity contribution in [3.8, 4) is 0 Å². The maximum absolute atomic E-state index is 11.8. The van der Waals surface area contributed by atoms with Gasteiger partial charge in [0.2, 0.25) is 0 Å². The maximum Gasteiger partial charge on any atom is 0.337 e. The topological polar surface area (TPSA) is 49.3 Å². The molecule has 4 heteroatoms. The van der Waals surface area contributed by atoms with E-state index in [0.717, 1.165) is 23.2 Å². The number of carboxylic acids is 1. The smallest absolute Gasteiger partial charge is 0.337 e. The summed E-state index contributed by atoms with van der Waals surface area (Å²) in [7, 11) is 0. The molecule has 1 aliphatic carbocycles. The van der Waals surface area contributed by atoms with Gasteiger partial charge in [-0.05, 0) is 52.8 Å². The lowest BCUT2D eigenvalue weighted by molar-refractivity contribution is 0.0697. The van der Waals surface area contributed by atoms with Crippen molar-refractivity contribution < 1.29 is 9.90 Å². The summed E-state index contributed by atoms with van der Waals surface area (Å²) in [4.78, 5) is 11.8. The molecule has 0 aromatic heterocycles. The first-order chi connectivity index (χ1) is 13.1. The minimum Gasteiger partial charge on any atom is -0.478 e. The van der Waals surface area contributed by atoms with Gasteiger partial charge in [0, 0.05) is 10.9 Å². The monoisotopic (exact) mass is 375 g/mol. The molecule has 3 aromatic carbocycles. The Morgan fingerprint density at radius 2 is 1.78 bits per heavy atom. The van der Waals surface area contributed by atoms with Crippen LogP contribution in [0.2, 0.25) is 5.02 Å². The first-order valence-corrected chi connectivity index (χ1v) is 9.47. The molecule has 27 heavy (non-hydrogen) atoms. The van der Waals surface area contributed by atoms with Crippen LogP contribution in [-0.2, 0) is 6.42 Å². The number of hydrogen-bond acceptors (Lipinski definition) is 2. The van der Waals surface area contributed by atoms with Crippen LogP contribution in [0.1, 0.15) is 44.6 Å². The predicted molar refractivity (Wildman–Crippen MR) is 107 cm³/mol. The van der Waals surface area contributed by atoms with Gasteiger partial charge in [-0.1, -0.05) is 60.1 Å². The number of rotatable bonds is 2. The highest BCUT2D eigenvalue weighted by atomic mass is 35.5. The molecule has 5 rings (SSSR count). The molecule has 3 atom stereocenters. The Balaban J connectivity index is 1.73. The average molecular weight is 376 g/mol. The van der Waals surface area contributed by atoms with Gasteiger partial charge in [0.1, 0.15) is 0 Å². The van der Waals surface area contributed by atoms with Crippen LogP contribution < -0.4 is 5.32 Å². The Morgan fingerprint density at radius 3 is 2.59 bits per heavy atom. The molecule has 3 aromatic rings. The number of aromatic carboxylic acids is 1. The van der Waals surface area contributed by atoms with E-state index in [1.165, 1.54) is 11.1 Å². The summed E-state index contributed by atoms with van der Waals surface area (Å²) in [5.74, 6) is -0.410. The fourth-order valence-electron chi connectivity index (χ4n) is 4.80. The number of para-hydroxylation sites is 1. The van der Waals surface area contributed by atoms with Crippen molar-refractivity contribution in [2.24, 2.45) is 5.92 Å². The number of carbonyl (C=O) groups is 1. The Bertz CT molecular complexity index is 1060. The maximum atomic E-state index is 11.8. The van der Waals surface area contributed by atoms with E-state index in [-0.39, 0.29) is 12.0 Å². The fraction of sp³-hybridized carbons (Fsp3) is 0.174. The van der Waals surface area contributed by atoms with Crippen molar-refractivity contribution in [3.05, 3.63) is 99.6 Å². The van der Waals surface area contributed by atoms with Crippen molar-refractivity contribution >= 4 is 23.3 Å². The quantitative estimate of drug-likeness (QED) is 0.621. The van der Waals surface area contributed by atoms with E-state index in [4.69, 9.17) is 11.6 Å². The summed E-state index contributed by atoms with van der Waals surface area (Å²) in [5.41, 5.74) is 5.87. The van der Waals surface area contributed by atoms with Gasteiger partial charge in [0.25, 0.3) is 0 Å². The highest BCUT2D eigenvalue weighted by molar-refractivity contribution is 6.30. The lowest BCUT2D eigenvalue weighted by Gasteiger charge is -2.38. The third kappa shape index (κ3) is 2.54. The summed E-state index contributed by atoms with van der Waals surface area (Å²) in [6, 6.07) is 22.0. The van der Waals surface area contributed by atoms with E-state index >= 15 is 0 Å². The molecule has 134 valence electrons. The number of hydrogen-bond donors (Lipinski definition) is 2. The minimum atomic E-state index is -0.908. The molecule has 0 saturated heterocycles. The zero-order valence-corrected chi connectivity index (χ0v) is 15.3. The normalized spacial score (nSPS) is 22.3. The lowest BCUT2D eigenvalue weighted by Crippen LogP contribution is -2.31.